The number of carbonyl (C=O) groups excluding carboxylic acids is 2. The lowest BCUT2D eigenvalue weighted by Gasteiger charge is -2.26. The molecule has 4 heteroatoms. The molecular weight excluding hydrogens is 305 g/mol. The Morgan fingerprint density at radius 1 is 1.27 bits per heavy atom. The molecule has 0 aliphatic carbocycles. The van der Waals surface area contributed by atoms with Gasteiger partial charge in [-0.3, -0.25) is 9.59 Å². The quantitative estimate of drug-likeness (QED) is 0.587. The number of hydrogen-bond donors (Lipinski definition) is 0. The van der Waals surface area contributed by atoms with Crippen LogP contribution in [-0.4, -0.2) is 18.2 Å². The number of benzene rings is 1. The van der Waals surface area contributed by atoms with Crippen molar-refractivity contribution in [3.05, 3.63) is 27.8 Å². The minimum absolute atomic E-state index is 0.0434. The largest absolute Gasteiger partial charge is 0.312 e. The van der Waals surface area contributed by atoms with Gasteiger partial charge in [0, 0.05) is 22.2 Å². The Labute approximate surface area is 102 Å². The lowest BCUT2D eigenvalue weighted by molar-refractivity contribution is -0.128. The monoisotopic (exact) mass is 315 g/mol. The van der Waals surface area contributed by atoms with Crippen LogP contribution >= 0.6 is 22.6 Å². The number of ketones is 1. The average molecular weight is 315 g/mol. The molecule has 0 saturated carbocycles. The van der Waals surface area contributed by atoms with Crippen molar-refractivity contribution in [3.63, 3.8) is 0 Å². The minimum atomic E-state index is -0.0896. The number of rotatable bonds is 1. The van der Waals surface area contributed by atoms with E-state index in [9.17, 15) is 9.59 Å². The highest BCUT2D eigenvalue weighted by Crippen LogP contribution is 2.21. The average Bonchev–Trinajstić information content (AvgIpc) is 2.17. The highest BCUT2D eigenvalue weighted by Gasteiger charge is 2.24. The molecule has 0 spiro atoms. The zero-order valence-electron chi connectivity index (χ0n) is 8.07. The summed E-state index contributed by atoms with van der Waals surface area (Å²) in [6, 6.07) is 7.74. The summed E-state index contributed by atoms with van der Waals surface area (Å²) in [5.74, 6) is -0.0462. The van der Waals surface area contributed by atoms with Crippen molar-refractivity contribution in [2.24, 2.45) is 0 Å². The molecule has 1 fully saturated rings. The van der Waals surface area contributed by atoms with E-state index in [-0.39, 0.29) is 18.1 Å². The van der Waals surface area contributed by atoms with Gasteiger partial charge in [0.15, 0.2) is 0 Å². The topological polar surface area (TPSA) is 37.4 Å². The number of Topliss-reactive ketones (excluding diaryl/α,β-unsaturated/α-hetero) is 1. The van der Waals surface area contributed by atoms with Crippen molar-refractivity contribution >= 4 is 40.0 Å². The van der Waals surface area contributed by atoms with Gasteiger partial charge in [0.1, 0.15) is 5.78 Å². The van der Waals surface area contributed by atoms with E-state index in [0.29, 0.717) is 13.0 Å². The van der Waals surface area contributed by atoms with Crippen LogP contribution < -0.4 is 4.90 Å². The molecule has 0 aromatic heterocycles. The molecule has 0 bridgehead atoms. The first-order valence-corrected chi connectivity index (χ1v) is 5.82. The second-order valence-corrected chi connectivity index (χ2v) is 4.74. The maximum Gasteiger partial charge on any atom is 0.234 e. The van der Waals surface area contributed by atoms with E-state index in [2.05, 4.69) is 22.6 Å². The maximum atomic E-state index is 11.6. The van der Waals surface area contributed by atoms with Gasteiger partial charge in [-0.2, -0.15) is 0 Å². The third kappa shape index (κ3) is 2.37. The molecule has 0 N–H and O–H groups in total. The SMILES string of the molecule is O=C1CCN(c2cccc(I)c2)C(=O)C1. The lowest BCUT2D eigenvalue weighted by atomic mass is 10.1. The van der Waals surface area contributed by atoms with E-state index in [0.717, 1.165) is 9.26 Å². The Balaban J connectivity index is 2.24. The van der Waals surface area contributed by atoms with Crippen LogP contribution in [0.4, 0.5) is 5.69 Å². The molecule has 0 unspecified atom stereocenters. The van der Waals surface area contributed by atoms with Crippen LogP contribution in [0.1, 0.15) is 12.8 Å². The predicted octanol–water partition coefficient (Wildman–Crippen LogP) is 1.99. The number of hydrogen-bond acceptors (Lipinski definition) is 2. The molecule has 0 atom stereocenters. The summed E-state index contributed by atoms with van der Waals surface area (Å²) in [6.07, 6.45) is 0.517. The van der Waals surface area contributed by atoms with Crippen LogP contribution in [0.25, 0.3) is 0 Å². The molecule has 1 amide bonds. The van der Waals surface area contributed by atoms with Crippen molar-refractivity contribution < 1.29 is 9.59 Å². The van der Waals surface area contributed by atoms with Crippen LogP contribution in [0.2, 0.25) is 0 Å². The van der Waals surface area contributed by atoms with E-state index in [1.165, 1.54) is 0 Å². The summed E-state index contributed by atoms with van der Waals surface area (Å²) in [7, 11) is 0. The molecule has 78 valence electrons. The second-order valence-electron chi connectivity index (χ2n) is 3.49. The number of amides is 1. The molecule has 2 rings (SSSR count). The van der Waals surface area contributed by atoms with Gasteiger partial charge in [0.2, 0.25) is 5.91 Å². The normalized spacial score (nSPS) is 17.0. The fraction of sp³-hybridized carbons (Fsp3) is 0.273. The maximum absolute atomic E-state index is 11.6. The van der Waals surface area contributed by atoms with Crippen LogP contribution in [0.3, 0.4) is 0 Å². The highest BCUT2D eigenvalue weighted by molar-refractivity contribution is 14.1. The molecule has 1 aromatic rings. The van der Waals surface area contributed by atoms with E-state index in [1.54, 1.807) is 4.90 Å². The summed E-state index contributed by atoms with van der Waals surface area (Å²) in [5.41, 5.74) is 0.888. The Hall–Kier alpha value is -0.910. The number of carbonyl (C=O) groups is 2. The molecule has 15 heavy (non-hydrogen) atoms. The first-order valence-electron chi connectivity index (χ1n) is 4.74. The summed E-state index contributed by atoms with van der Waals surface area (Å²) >= 11 is 2.21. The molecule has 1 aliphatic rings. The molecule has 1 heterocycles. The second kappa shape index (κ2) is 4.30. The van der Waals surface area contributed by atoms with Gasteiger partial charge in [0.25, 0.3) is 0 Å². The van der Waals surface area contributed by atoms with Gasteiger partial charge >= 0.3 is 0 Å². The first-order chi connectivity index (χ1) is 7.16. The standard InChI is InChI=1S/C11H10INO2/c12-8-2-1-3-9(6-8)13-5-4-10(14)7-11(13)15/h1-3,6H,4-5,7H2. The fourth-order valence-corrected chi connectivity index (χ4v) is 2.16. The Kier molecular flexibility index (Phi) is 3.04. The van der Waals surface area contributed by atoms with Crippen molar-refractivity contribution in [3.8, 4) is 0 Å². The van der Waals surface area contributed by atoms with E-state index in [4.69, 9.17) is 0 Å². The van der Waals surface area contributed by atoms with Crippen molar-refractivity contribution in [1.82, 2.24) is 0 Å². The van der Waals surface area contributed by atoms with Gasteiger partial charge in [-0.25, -0.2) is 0 Å². The molecule has 1 aliphatic heterocycles. The first kappa shape index (κ1) is 10.6. The number of piperidine rings is 1. The van der Waals surface area contributed by atoms with Crippen LogP contribution in [0.15, 0.2) is 24.3 Å². The van der Waals surface area contributed by atoms with Crippen molar-refractivity contribution in [1.29, 1.82) is 0 Å². The van der Waals surface area contributed by atoms with Crippen LogP contribution in [0.5, 0.6) is 0 Å². The Morgan fingerprint density at radius 3 is 2.73 bits per heavy atom. The summed E-state index contributed by atoms with van der Waals surface area (Å²) in [4.78, 5) is 24.4. The third-order valence-electron chi connectivity index (χ3n) is 2.38. The zero-order chi connectivity index (χ0) is 10.8. The molecule has 0 radical (unpaired) electrons. The Bertz CT molecular complexity index is 417. The summed E-state index contributed by atoms with van der Waals surface area (Å²) < 4.78 is 1.09. The number of halogens is 1. The summed E-state index contributed by atoms with van der Waals surface area (Å²) in [5, 5.41) is 0. The molecule has 1 aromatic carbocycles. The van der Waals surface area contributed by atoms with Gasteiger partial charge < -0.3 is 4.90 Å². The minimum Gasteiger partial charge on any atom is -0.312 e. The van der Waals surface area contributed by atoms with E-state index in [1.807, 2.05) is 24.3 Å². The number of nitrogens with zero attached hydrogens (tertiary/aromatic N) is 1. The van der Waals surface area contributed by atoms with Crippen LogP contribution in [0, 0.1) is 3.57 Å². The fourth-order valence-electron chi connectivity index (χ4n) is 1.63. The zero-order valence-corrected chi connectivity index (χ0v) is 10.2. The molecule has 3 nitrogen and oxygen atoms in total. The number of anilines is 1. The molecular formula is C11H10INO2. The van der Waals surface area contributed by atoms with Crippen molar-refractivity contribution in [2.45, 2.75) is 12.8 Å². The van der Waals surface area contributed by atoms with E-state index < -0.39 is 0 Å². The summed E-state index contributed by atoms with van der Waals surface area (Å²) in [6.45, 7) is 0.512. The van der Waals surface area contributed by atoms with E-state index >= 15 is 0 Å². The third-order valence-corrected chi connectivity index (χ3v) is 3.05. The Morgan fingerprint density at radius 2 is 2.07 bits per heavy atom. The predicted molar refractivity (Wildman–Crippen MR) is 65.8 cm³/mol. The van der Waals surface area contributed by atoms with Crippen molar-refractivity contribution in [2.75, 3.05) is 11.4 Å². The van der Waals surface area contributed by atoms with Gasteiger partial charge in [0.05, 0.1) is 6.42 Å². The van der Waals surface area contributed by atoms with Gasteiger partial charge in [-0.05, 0) is 40.8 Å². The lowest BCUT2D eigenvalue weighted by Crippen LogP contribution is -2.39. The van der Waals surface area contributed by atoms with Gasteiger partial charge in [-0.15, -0.1) is 0 Å². The highest BCUT2D eigenvalue weighted by atomic mass is 127. The van der Waals surface area contributed by atoms with Gasteiger partial charge in [-0.1, -0.05) is 6.07 Å². The molecule has 1 saturated heterocycles. The smallest absolute Gasteiger partial charge is 0.234 e. The van der Waals surface area contributed by atoms with Crippen LogP contribution in [-0.2, 0) is 9.59 Å².